The number of carbonyl (C=O) groups excluding carboxylic acids is 1. The van der Waals surface area contributed by atoms with Crippen LogP contribution >= 0.6 is 0 Å². The van der Waals surface area contributed by atoms with Gasteiger partial charge in [-0.15, -0.1) is 0 Å². The van der Waals surface area contributed by atoms with E-state index in [0.29, 0.717) is 5.92 Å². The Hall–Kier alpha value is -0.730. The van der Waals surface area contributed by atoms with Crippen LogP contribution in [0.25, 0.3) is 0 Å². The van der Waals surface area contributed by atoms with Crippen molar-refractivity contribution in [1.29, 1.82) is 0 Å². The second kappa shape index (κ2) is 5.55. The lowest BCUT2D eigenvalue weighted by Gasteiger charge is -2.32. The van der Waals surface area contributed by atoms with Gasteiger partial charge in [-0.3, -0.25) is 0 Å². The summed E-state index contributed by atoms with van der Waals surface area (Å²) in [5, 5.41) is 3.05. The Kier molecular flexibility index (Phi) is 4.63. The van der Waals surface area contributed by atoms with Gasteiger partial charge in [0.25, 0.3) is 0 Å². The number of hydrogen-bond acceptors (Lipinski definition) is 1. The summed E-state index contributed by atoms with van der Waals surface area (Å²) in [6.07, 6.45) is 3.49. The van der Waals surface area contributed by atoms with Crippen molar-refractivity contribution in [1.82, 2.24) is 10.2 Å². The monoisotopic (exact) mass is 226 g/mol. The van der Waals surface area contributed by atoms with Crippen molar-refractivity contribution in [2.45, 2.75) is 47.0 Å². The molecule has 0 aliphatic carbocycles. The number of nitrogens with zero attached hydrogens (tertiary/aromatic N) is 1. The van der Waals surface area contributed by atoms with Gasteiger partial charge >= 0.3 is 6.03 Å². The third-order valence-corrected chi connectivity index (χ3v) is 3.62. The molecule has 0 aromatic heterocycles. The van der Waals surface area contributed by atoms with E-state index in [1.807, 2.05) is 4.90 Å². The summed E-state index contributed by atoms with van der Waals surface area (Å²) < 4.78 is 0. The van der Waals surface area contributed by atoms with Gasteiger partial charge in [0.15, 0.2) is 0 Å². The van der Waals surface area contributed by atoms with Crippen molar-refractivity contribution in [3.63, 3.8) is 0 Å². The number of rotatable bonds is 3. The highest BCUT2D eigenvalue weighted by molar-refractivity contribution is 5.74. The van der Waals surface area contributed by atoms with E-state index in [-0.39, 0.29) is 11.4 Å². The van der Waals surface area contributed by atoms with Gasteiger partial charge in [0, 0.05) is 19.6 Å². The van der Waals surface area contributed by atoms with Crippen molar-refractivity contribution in [3.8, 4) is 0 Å². The molecule has 1 heterocycles. The molecule has 1 aliphatic heterocycles. The lowest BCUT2D eigenvalue weighted by atomic mass is 9.90. The molecule has 0 spiro atoms. The second-order valence-corrected chi connectivity index (χ2v) is 5.87. The van der Waals surface area contributed by atoms with Gasteiger partial charge in [-0.25, -0.2) is 4.79 Å². The van der Waals surface area contributed by atoms with Gasteiger partial charge in [0.1, 0.15) is 0 Å². The Bertz CT molecular complexity index is 238. The first-order valence-electron chi connectivity index (χ1n) is 6.47. The van der Waals surface area contributed by atoms with Crippen LogP contribution in [0.2, 0.25) is 0 Å². The van der Waals surface area contributed by atoms with E-state index in [0.717, 1.165) is 32.5 Å². The lowest BCUT2D eigenvalue weighted by Crippen LogP contribution is -2.47. The van der Waals surface area contributed by atoms with Crippen LogP contribution in [0, 0.1) is 11.3 Å². The number of likely N-dealkylation sites (tertiary alicyclic amines) is 1. The SMILES string of the molecule is CCC(C)(C)CNC(=O)N1CCCC(C)C1. The van der Waals surface area contributed by atoms with Crippen molar-refractivity contribution < 1.29 is 4.79 Å². The van der Waals surface area contributed by atoms with E-state index in [4.69, 9.17) is 0 Å². The predicted molar refractivity (Wildman–Crippen MR) is 67.4 cm³/mol. The molecule has 94 valence electrons. The maximum Gasteiger partial charge on any atom is 0.317 e. The number of nitrogens with one attached hydrogen (secondary N) is 1. The first-order valence-corrected chi connectivity index (χ1v) is 6.47. The fourth-order valence-corrected chi connectivity index (χ4v) is 1.93. The molecule has 1 rings (SSSR count). The lowest BCUT2D eigenvalue weighted by molar-refractivity contribution is 0.165. The minimum absolute atomic E-state index is 0.119. The molecule has 0 aromatic rings. The molecule has 1 fully saturated rings. The largest absolute Gasteiger partial charge is 0.337 e. The Labute approximate surface area is 99.6 Å². The summed E-state index contributed by atoms with van der Waals surface area (Å²) in [5.41, 5.74) is 0.205. The molecule has 3 nitrogen and oxygen atoms in total. The van der Waals surface area contributed by atoms with E-state index in [1.165, 1.54) is 6.42 Å². The number of carbonyl (C=O) groups is 1. The molecule has 0 bridgehead atoms. The van der Waals surface area contributed by atoms with Gasteiger partial charge in [0.05, 0.1) is 0 Å². The topological polar surface area (TPSA) is 32.3 Å². The van der Waals surface area contributed by atoms with Gasteiger partial charge in [-0.05, 0) is 30.6 Å². The smallest absolute Gasteiger partial charge is 0.317 e. The second-order valence-electron chi connectivity index (χ2n) is 5.87. The van der Waals surface area contributed by atoms with Crippen LogP contribution in [0.15, 0.2) is 0 Å². The zero-order chi connectivity index (χ0) is 12.2. The summed E-state index contributed by atoms with van der Waals surface area (Å²) in [5.74, 6) is 0.652. The third kappa shape index (κ3) is 4.03. The minimum Gasteiger partial charge on any atom is -0.337 e. The maximum absolute atomic E-state index is 11.9. The summed E-state index contributed by atoms with van der Waals surface area (Å²) in [6.45, 7) is 11.4. The Morgan fingerprint density at radius 3 is 2.75 bits per heavy atom. The molecule has 0 radical (unpaired) electrons. The molecule has 1 N–H and O–H groups in total. The van der Waals surface area contributed by atoms with Crippen molar-refractivity contribution in [2.75, 3.05) is 19.6 Å². The first kappa shape index (κ1) is 13.3. The molecule has 0 aromatic carbocycles. The molecule has 3 heteroatoms. The third-order valence-electron chi connectivity index (χ3n) is 3.62. The highest BCUT2D eigenvalue weighted by Gasteiger charge is 2.22. The summed E-state index contributed by atoms with van der Waals surface area (Å²) >= 11 is 0. The van der Waals surface area contributed by atoms with Gasteiger partial charge < -0.3 is 10.2 Å². The van der Waals surface area contributed by atoms with Gasteiger partial charge in [-0.1, -0.05) is 27.7 Å². The van der Waals surface area contributed by atoms with Crippen LogP contribution in [0.4, 0.5) is 4.79 Å². The summed E-state index contributed by atoms with van der Waals surface area (Å²) in [7, 11) is 0. The molecule has 16 heavy (non-hydrogen) atoms. The average molecular weight is 226 g/mol. The average Bonchev–Trinajstić information content (AvgIpc) is 2.26. The highest BCUT2D eigenvalue weighted by Crippen LogP contribution is 2.19. The maximum atomic E-state index is 11.9. The quantitative estimate of drug-likeness (QED) is 0.788. The standard InChI is InChI=1S/C13H26N2O/c1-5-13(3,4)10-14-12(16)15-8-6-7-11(2)9-15/h11H,5-10H2,1-4H3,(H,14,16). The highest BCUT2D eigenvalue weighted by atomic mass is 16.2. The number of urea groups is 1. The van der Waals surface area contributed by atoms with Crippen molar-refractivity contribution in [2.24, 2.45) is 11.3 Å². The Morgan fingerprint density at radius 2 is 2.19 bits per heavy atom. The Balaban J connectivity index is 2.34. The van der Waals surface area contributed by atoms with Crippen LogP contribution in [0.1, 0.15) is 47.0 Å². The predicted octanol–water partition coefficient (Wildman–Crippen LogP) is 2.86. The molecular formula is C13H26N2O. The van der Waals surface area contributed by atoms with Crippen molar-refractivity contribution in [3.05, 3.63) is 0 Å². The number of amides is 2. The van der Waals surface area contributed by atoms with Gasteiger partial charge in [0.2, 0.25) is 0 Å². The molecule has 1 aliphatic rings. The van der Waals surface area contributed by atoms with Gasteiger partial charge in [-0.2, -0.15) is 0 Å². The van der Waals surface area contributed by atoms with Crippen molar-refractivity contribution >= 4 is 6.03 Å². The normalized spacial score (nSPS) is 22.0. The fourth-order valence-electron chi connectivity index (χ4n) is 1.93. The summed E-state index contributed by atoms with van der Waals surface area (Å²) in [6, 6.07) is 0.119. The zero-order valence-electron chi connectivity index (χ0n) is 11.2. The molecule has 1 saturated heterocycles. The fraction of sp³-hybridized carbons (Fsp3) is 0.923. The van der Waals surface area contributed by atoms with Crippen LogP contribution < -0.4 is 5.32 Å². The van der Waals surface area contributed by atoms with E-state index >= 15 is 0 Å². The van der Waals surface area contributed by atoms with Crippen LogP contribution in [0.3, 0.4) is 0 Å². The summed E-state index contributed by atoms with van der Waals surface area (Å²) in [4.78, 5) is 13.9. The minimum atomic E-state index is 0.119. The molecule has 2 amide bonds. The zero-order valence-corrected chi connectivity index (χ0v) is 11.2. The Morgan fingerprint density at radius 1 is 1.50 bits per heavy atom. The molecule has 1 unspecified atom stereocenters. The number of piperidine rings is 1. The molecule has 0 saturated carbocycles. The van der Waals surface area contributed by atoms with E-state index in [9.17, 15) is 4.79 Å². The first-order chi connectivity index (χ1) is 7.44. The van der Waals surface area contributed by atoms with Crippen LogP contribution in [-0.2, 0) is 0 Å². The van der Waals surface area contributed by atoms with Crippen LogP contribution in [-0.4, -0.2) is 30.6 Å². The van der Waals surface area contributed by atoms with E-state index in [1.54, 1.807) is 0 Å². The van der Waals surface area contributed by atoms with E-state index in [2.05, 4.69) is 33.0 Å². The molecule has 1 atom stereocenters. The van der Waals surface area contributed by atoms with Crippen LogP contribution in [0.5, 0.6) is 0 Å². The number of hydrogen-bond donors (Lipinski definition) is 1. The molecular weight excluding hydrogens is 200 g/mol. The van der Waals surface area contributed by atoms with E-state index < -0.39 is 0 Å².